The van der Waals surface area contributed by atoms with E-state index in [-0.39, 0.29) is 11.4 Å². The van der Waals surface area contributed by atoms with Crippen molar-refractivity contribution in [2.45, 2.75) is 71.6 Å². The normalized spacial score (nSPS) is 11.8. The molecule has 6 nitrogen and oxygen atoms in total. The van der Waals surface area contributed by atoms with Gasteiger partial charge in [-0.15, -0.1) is 0 Å². The van der Waals surface area contributed by atoms with Crippen molar-refractivity contribution in [1.82, 2.24) is 19.7 Å². The largest absolute Gasteiger partial charge is 0.462 e. The molecule has 0 aliphatic heterocycles. The highest BCUT2D eigenvalue weighted by molar-refractivity contribution is 6.30. The molecule has 0 saturated carbocycles. The lowest BCUT2D eigenvalue weighted by Gasteiger charge is -2.14. The van der Waals surface area contributed by atoms with Gasteiger partial charge in [0.15, 0.2) is 5.82 Å². The average Bonchev–Trinajstić information content (AvgIpc) is 3.48. The Kier molecular flexibility index (Phi) is 8.14. The fourth-order valence-electron chi connectivity index (χ4n) is 4.17. The summed E-state index contributed by atoms with van der Waals surface area (Å²) in [6.45, 7) is 9.06. The Labute approximate surface area is 218 Å². The topological polar surface area (TPSA) is 72.8 Å². The fraction of sp³-hybridized carbons (Fsp3) is 0.414. The van der Waals surface area contributed by atoms with Crippen LogP contribution in [-0.4, -0.2) is 32.3 Å². The number of carbonyl (C=O) groups excluding carboxylic acids is 1. The molecule has 0 atom stereocenters. The van der Waals surface area contributed by atoms with Gasteiger partial charge in [0.05, 0.1) is 23.2 Å². The summed E-state index contributed by atoms with van der Waals surface area (Å²) in [5.41, 5.74) is 3.92. The number of fused-ring (bicyclic) bond motifs is 1. The summed E-state index contributed by atoms with van der Waals surface area (Å²) in [6.07, 6.45) is 6.90. The van der Waals surface area contributed by atoms with Crippen LogP contribution in [0.1, 0.15) is 82.3 Å². The Morgan fingerprint density at radius 3 is 2.42 bits per heavy atom. The Morgan fingerprint density at radius 1 is 1.00 bits per heavy atom. The van der Waals surface area contributed by atoms with Gasteiger partial charge in [0.2, 0.25) is 0 Å². The minimum atomic E-state index is -0.317. The highest BCUT2D eigenvalue weighted by atomic mass is 35.5. The first-order valence-electron chi connectivity index (χ1n) is 12.8. The number of aromatic amines is 1. The third-order valence-corrected chi connectivity index (χ3v) is 6.58. The lowest BCUT2D eigenvalue weighted by molar-refractivity contribution is 0.0498. The van der Waals surface area contributed by atoms with Crippen molar-refractivity contribution in [2.75, 3.05) is 6.61 Å². The van der Waals surface area contributed by atoms with Crippen LogP contribution >= 0.6 is 11.6 Å². The molecule has 2 aromatic carbocycles. The quantitative estimate of drug-likeness (QED) is 0.175. The number of H-pyrrole nitrogens is 1. The molecule has 0 fully saturated rings. The molecule has 0 saturated heterocycles. The Hall–Kier alpha value is -3.12. The zero-order valence-corrected chi connectivity index (χ0v) is 22.4. The van der Waals surface area contributed by atoms with Crippen LogP contribution in [0.25, 0.3) is 28.2 Å². The SMILES string of the molecule is CCCCCCCCOC(=O)c1ccc2c(c1)nc(-c1ccc(Cl)cc1)n2-c1cc(C(C)(C)C)[nH]n1. The number of halogens is 1. The molecule has 4 aromatic rings. The fourth-order valence-corrected chi connectivity index (χ4v) is 4.30. The number of esters is 1. The smallest absolute Gasteiger partial charge is 0.338 e. The summed E-state index contributed by atoms with van der Waals surface area (Å²) < 4.78 is 7.55. The number of nitrogens with zero attached hydrogens (tertiary/aromatic N) is 3. The minimum Gasteiger partial charge on any atom is -0.462 e. The minimum absolute atomic E-state index is 0.0744. The van der Waals surface area contributed by atoms with E-state index < -0.39 is 0 Å². The van der Waals surface area contributed by atoms with Crippen molar-refractivity contribution in [1.29, 1.82) is 0 Å². The molecule has 36 heavy (non-hydrogen) atoms. The van der Waals surface area contributed by atoms with E-state index in [1.54, 1.807) is 12.1 Å². The molecule has 0 radical (unpaired) electrons. The Morgan fingerprint density at radius 2 is 1.72 bits per heavy atom. The van der Waals surface area contributed by atoms with Gasteiger partial charge in [-0.1, -0.05) is 71.4 Å². The molecule has 0 amide bonds. The molecule has 0 spiro atoms. The zero-order chi connectivity index (χ0) is 25.7. The number of aromatic nitrogens is 4. The second-order valence-corrected chi connectivity index (χ2v) is 10.7. The average molecular weight is 507 g/mol. The van der Waals surface area contributed by atoms with E-state index in [1.165, 1.54) is 25.7 Å². The van der Waals surface area contributed by atoms with Gasteiger partial charge in [-0.2, -0.15) is 5.10 Å². The summed E-state index contributed by atoms with van der Waals surface area (Å²) in [5, 5.41) is 8.42. The molecule has 0 aliphatic rings. The van der Waals surface area contributed by atoms with Crippen LogP contribution in [0, 0.1) is 0 Å². The third kappa shape index (κ3) is 5.98. The van der Waals surface area contributed by atoms with Crippen LogP contribution in [0.5, 0.6) is 0 Å². The second-order valence-electron chi connectivity index (χ2n) is 10.3. The molecule has 0 aliphatic carbocycles. The van der Waals surface area contributed by atoms with Gasteiger partial charge in [-0.3, -0.25) is 9.67 Å². The van der Waals surface area contributed by atoms with Gasteiger partial charge in [0, 0.05) is 27.8 Å². The summed E-state index contributed by atoms with van der Waals surface area (Å²) in [4.78, 5) is 17.6. The first-order chi connectivity index (χ1) is 17.3. The number of imidazole rings is 1. The van der Waals surface area contributed by atoms with Crippen LogP contribution < -0.4 is 0 Å². The maximum atomic E-state index is 12.7. The van der Waals surface area contributed by atoms with Gasteiger partial charge in [0.1, 0.15) is 5.82 Å². The predicted molar refractivity (Wildman–Crippen MR) is 146 cm³/mol. The van der Waals surface area contributed by atoms with Crippen molar-refractivity contribution in [2.24, 2.45) is 0 Å². The highest BCUT2D eigenvalue weighted by Crippen LogP contribution is 2.31. The first-order valence-corrected chi connectivity index (χ1v) is 13.2. The number of nitrogens with one attached hydrogen (secondary N) is 1. The van der Waals surface area contributed by atoms with Crippen LogP contribution in [0.2, 0.25) is 5.02 Å². The molecular formula is C29H35ClN4O2. The number of hydrogen-bond acceptors (Lipinski definition) is 4. The molecule has 0 unspecified atom stereocenters. The second kappa shape index (κ2) is 11.3. The van der Waals surface area contributed by atoms with E-state index in [0.29, 0.717) is 22.7 Å². The van der Waals surface area contributed by atoms with E-state index in [9.17, 15) is 4.79 Å². The zero-order valence-electron chi connectivity index (χ0n) is 21.6. The maximum absolute atomic E-state index is 12.7. The van der Waals surface area contributed by atoms with Crippen molar-refractivity contribution in [3.05, 3.63) is 64.8 Å². The van der Waals surface area contributed by atoms with Gasteiger partial charge in [-0.25, -0.2) is 9.78 Å². The van der Waals surface area contributed by atoms with Gasteiger partial charge < -0.3 is 4.74 Å². The van der Waals surface area contributed by atoms with Crippen molar-refractivity contribution < 1.29 is 9.53 Å². The summed E-state index contributed by atoms with van der Waals surface area (Å²) in [5.74, 6) is 1.15. The molecule has 0 bridgehead atoms. The molecule has 1 N–H and O–H groups in total. The number of ether oxygens (including phenoxy) is 1. The first kappa shape index (κ1) is 26.0. The lowest BCUT2D eigenvalue weighted by Crippen LogP contribution is -2.11. The standard InChI is InChI=1S/C29H35ClN4O2/c1-5-6-7-8-9-10-17-36-28(35)21-13-16-24-23(18-21)31-27(20-11-14-22(30)15-12-20)34(24)26-19-25(32-33-26)29(2,3)4/h11-16,18-19H,5-10,17H2,1-4H3,(H,32,33). The Balaban J connectivity index is 1.62. The molecule has 7 heteroatoms. The van der Waals surface area contributed by atoms with Crippen LogP contribution in [-0.2, 0) is 10.2 Å². The van der Waals surface area contributed by atoms with Crippen molar-refractivity contribution in [3.8, 4) is 17.2 Å². The van der Waals surface area contributed by atoms with E-state index in [1.807, 2.05) is 41.0 Å². The molecular weight excluding hydrogens is 472 g/mol. The van der Waals surface area contributed by atoms with Gasteiger partial charge in [-0.05, 0) is 48.9 Å². The summed E-state index contributed by atoms with van der Waals surface area (Å²) >= 11 is 6.13. The number of benzene rings is 2. The van der Waals surface area contributed by atoms with Crippen LogP contribution in [0.4, 0.5) is 0 Å². The van der Waals surface area contributed by atoms with Crippen molar-refractivity contribution in [3.63, 3.8) is 0 Å². The van der Waals surface area contributed by atoms with E-state index in [0.717, 1.165) is 41.3 Å². The lowest BCUT2D eigenvalue weighted by atomic mass is 9.92. The van der Waals surface area contributed by atoms with Crippen LogP contribution in [0.3, 0.4) is 0 Å². The predicted octanol–water partition coefficient (Wildman–Crippen LogP) is 7.88. The third-order valence-electron chi connectivity index (χ3n) is 6.33. The number of hydrogen-bond donors (Lipinski definition) is 1. The molecule has 4 rings (SSSR count). The van der Waals surface area contributed by atoms with Gasteiger partial charge >= 0.3 is 5.97 Å². The summed E-state index contributed by atoms with van der Waals surface area (Å²) in [6, 6.07) is 15.1. The van der Waals surface area contributed by atoms with Crippen LogP contribution in [0.15, 0.2) is 48.5 Å². The highest BCUT2D eigenvalue weighted by Gasteiger charge is 2.22. The number of carbonyl (C=O) groups is 1. The van der Waals surface area contributed by atoms with E-state index >= 15 is 0 Å². The number of rotatable bonds is 10. The van der Waals surface area contributed by atoms with E-state index in [2.05, 4.69) is 37.9 Å². The molecule has 2 heterocycles. The number of unbranched alkanes of at least 4 members (excludes halogenated alkanes) is 5. The van der Waals surface area contributed by atoms with E-state index in [4.69, 9.17) is 21.3 Å². The Bertz CT molecular complexity index is 1320. The van der Waals surface area contributed by atoms with Crippen molar-refractivity contribution >= 4 is 28.6 Å². The summed E-state index contributed by atoms with van der Waals surface area (Å²) in [7, 11) is 0. The van der Waals surface area contributed by atoms with Gasteiger partial charge in [0.25, 0.3) is 0 Å². The molecule has 2 aromatic heterocycles. The maximum Gasteiger partial charge on any atom is 0.338 e. The monoisotopic (exact) mass is 506 g/mol. The molecule has 190 valence electrons.